The zero-order valence-electron chi connectivity index (χ0n) is 17.3. The summed E-state index contributed by atoms with van der Waals surface area (Å²) in [5.74, 6) is 1.72. The number of anilines is 1. The largest absolute Gasteiger partial charge is 0.496 e. The molecule has 1 atom stereocenters. The Morgan fingerprint density at radius 1 is 1.18 bits per heavy atom. The summed E-state index contributed by atoms with van der Waals surface area (Å²) < 4.78 is 12.1. The van der Waals surface area contributed by atoms with Crippen molar-refractivity contribution >= 4 is 11.3 Å². The first-order valence-electron chi connectivity index (χ1n) is 10.2. The zero-order chi connectivity index (χ0) is 19.9. The van der Waals surface area contributed by atoms with E-state index in [2.05, 4.69) is 50.9 Å². The van der Waals surface area contributed by atoms with Gasteiger partial charge in [0.2, 0.25) is 0 Å². The Hall–Kier alpha value is -2.68. The van der Waals surface area contributed by atoms with Crippen molar-refractivity contribution < 1.29 is 9.47 Å². The van der Waals surface area contributed by atoms with Crippen LogP contribution in [0.3, 0.4) is 0 Å². The van der Waals surface area contributed by atoms with Crippen LogP contribution < -0.4 is 14.8 Å². The van der Waals surface area contributed by atoms with Gasteiger partial charge in [-0.2, -0.15) is 0 Å². The van der Waals surface area contributed by atoms with Gasteiger partial charge in [0.05, 0.1) is 18.2 Å². The molecular formula is C25H29NO2. The first-order chi connectivity index (χ1) is 13.6. The SMILES string of the molecule is C=CCC1Oc2cccc(OC)c2-c2ccc3c(c21)C(C)=CC(CC)(CC)N3. The highest BCUT2D eigenvalue weighted by Gasteiger charge is 2.35. The van der Waals surface area contributed by atoms with Gasteiger partial charge in [-0.15, -0.1) is 6.58 Å². The molecule has 2 aliphatic rings. The maximum Gasteiger partial charge on any atom is 0.131 e. The molecule has 0 amide bonds. The second-order valence-corrected chi connectivity index (χ2v) is 7.73. The van der Waals surface area contributed by atoms with E-state index in [0.717, 1.165) is 36.3 Å². The molecule has 0 saturated carbocycles. The summed E-state index contributed by atoms with van der Waals surface area (Å²) >= 11 is 0. The molecule has 4 rings (SSSR count). The van der Waals surface area contributed by atoms with Crippen molar-refractivity contribution in [2.24, 2.45) is 0 Å². The molecule has 146 valence electrons. The molecule has 0 saturated heterocycles. The summed E-state index contributed by atoms with van der Waals surface area (Å²) in [6.45, 7) is 10.7. The first kappa shape index (κ1) is 18.7. The lowest BCUT2D eigenvalue weighted by Crippen LogP contribution is -2.37. The monoisotopic (exact) mass is 375 g/mol. The van der Waals surface area contributed by atoms with Crippen LogP contribution in [0.25, 0.3) is 16.7 Å². The van der Waals surface area contributed by atoms with E-state index in [1.807, 2.05) is 24.3 Å². The first-order valence-corrected chi connectivity index (χ1v) is 10.2. The van der Waals surface area contributed by atoms with E-state index >= 15 is 0 Å². The quantitative estimate of drug-likeness (QED) is 0.586. The van der Waals surface area contributed by atoms with E-state index in [9.17, 15) is 0 Å². The minimum Gasteiger partial charge on any atom is -0.496 e. The molecule has 0 aliphatic carbocycles. The predicted molar refractivity (Wildman–Crippen MR) is 117 cm³/mol. The van der Waals surface area contributed by atoms with Crippen LogP contribution in [0.2, 0.25) is 0 Å². The van der Waals surface area contributed by atoms with Gasteiger partial charge in [-0.3, -0.25) is 0 Å². The number of ether oxygens (including phenoxy) is 2. The molecule has 1 unspecified atom stereocenters. The summed E-state index contributed by atoms with van der Waals surface area (Å²) in [6.07, 6.45) is 7.17. The summed E-state index contributed by atoms with van der Waals surface area (Å²) in [6, 6.07) is 10.4. The van der Waals surface area contributed by atoms with Crippen molar-refractivity contribution in [2.45, 2.75) is 51.7 Å². The molecule has 0 aromatic heterocycles. The summed E-state index contributed by atoms with van der Waals surface area (Å²) in [5, 5.41) is 3.82. The van der Waals surface area contributed by atoms with E-state index in [0.29, 0.717) is 0 Å². The Morgan fingerprint density at radius 2 is 1.96 bits per heavy atom. The Labute approximate surface area is 168 Å². The third-order valence-corrected chi connectivity index (χ3v) is 6.23. The third-order valence-electron chi connectivity index (χ3n) is 6.23. The number of fused-ring (bicyclic) bond motifs is 5. The highest BCUT2D eigenvalue weighted by atomic mass is 16.5. The van der Waals surface area contributed by atoms with E-state index in [-0.39, 0.29) is 11.6 Å². The van der Waals surface area contributed by atoms with Gasteiger partial charge in [-0.1, -0.05) is 38.1 Å². The van der Waals surface area contributed by atoms with Gasteiger partial charge in [0, 0.05) is 23.2 Å². The number of rotatable bonds is 5. The van der Waals surface area contributed by atoms with Crippen molar-refractivity contribution in [3.05, 3.63) is 60.2 Å². The second-order valence-electron chi connectivity index (χ2n) is 7.73. The Bertz CT molecular complexity index is 953. The number of allylic oxidation sites excluding steroid dienone is 1. The van der Waals surface area contributed by atoms with Crippen LogP contribution in [0.4, 0.5) is 5.69 Å². The van der Waals surface area contributed by atoms with Crippen LogP contribution in [0, 0.1) is 0 Å². The lowest BCUT2D eigenvalue weighted by atomic mass is 9.79. The molecule has 2 heterocycles. The van der Waals surface area contributed by atoms with Gasteiger partial charge in [-0.25, -0.2) is 0 Å². The lowest BCUT2D eigenvalue weighted by Gasteiger charge is -2.40. The van der Waals surface area contributed by atoms with E-state index in [1.54, 1.807) is 7.11 Å². The number of nitrogens with one attached hydrogen (secondary N) is 1. The van der Waals surface area contributed by atoms with Gasteiger partial charge in [0.15, 0.2) is 0 Å². The predicted octanol–water partition coefficient (Wildman–Crippen LogP) is 6.76. The number of methoxy groups -OCH3 is 1. The zero-order valence-corrected chi connectivity index (χ0v) is 17.3. The lowest BCUT2D eigenvalue weighted by molar-refractivity contribution is 0.204. The van der Waals surface area contributed by atoms with Crippen LogP contribution >= 0.6 is 0 Å². The van der Waals surface area contributed by atoms with Crippen LogP contribution in [0.15, 0.2) is 49.1 Å². The topological polar surface area (TPSA) is 30.5 Å². The molecule has 0 radical (unpaired) electrons. The molecule has 3 heteroatoms. The van der Waals surface area contributed by atoms with Crippen LogP contribution in [-0.4, -0.2) is 12.6 Å². The number of hydrogen-bond donors (Lipinski definition) is 1. The smallest absolute Gasteiger partial charge is 0.131 e. The molecular weight excluding hydrogens is 346 g/mol. The fraction of sp³-hybridized carbons (Fsp3) is 0.360. The fourth-order valence-electron chi connectivity index (χ4n) is 4.70. The van der Waals surface area contributed by atoms with Gasteiger partial charge >= 0.3 is 0 Å². The van der Waals surface area contributed by atoms with Crippen molar-refractivity contribution in [1.29, 1.82) is 0 Å². The molecule has 3 nitrogen and oxygen atoms in total. The number of benzene rings is 2. The minimum absolute atomic E-state index is 0.0182. The Kier molecular flexibility index (Phi) is 4.70. The average molecular weight is 376 g/mol. The Balaban J connectivity index is 1.99. The average Bonchev–Trinajstić information content (AvgIpc) is 2.72. The molecule has 0 spiro atoms. The fourth-order valence-corrected chi connectivity index (χ4v) is 4.70. The normalized spacial score (nSPS) is 18.6. The molecule has 2 aliphatic heterocycles. The summed E-state index contributed by atoms with van der Waals surface area (Å²) in [5.41, 5.74) is 7.25. The Morgan fingerprint density at radius 3 is 2.64 bits per heavy atom. The standard InChI is InChI=1S/C25H29NO2/c1-6-10-20-24-17(23-19(27-5)11-9-12-21(23)28-20)13-14-18-22(24)16(4)15-25(7-2,8-3)26-18/h6,9,11-15,20,26H,1,7-8,10H2,2-5H3. The molecule has 2 aromatic rings. The van der Waals surface area contributed by atoms with Crippen molar-refractivity contribution in [2.75, 3.05) is 12.4 Å². The van der Waals surface area contributed by atoms with E-state index in [4.69, 9.17) is 9.47 Å². The van der Waals surface area contributed by atoms with Gasteiger partial charge < -0.3 is 14.8 Å². The van der Waals surface area contributed by atoms with Gasteiger partial charge in [0.25, 0.3) is 0 Å². The van der Waals surface area contributed by atoms with Crippen molar-refractivity contribution in [3.8, 4) is 22.6 Å². The van der Waals surface area contributed by atoms with Crippen molar-refractivity contribution in [3.63, 3.8) is 0 Å². The number of hydrogen-bond acceptors (Lipinski definition) is 3. The maximum atomic E-state index is 6.45. The maximum absolute atomic E-state index is 6.45. The van der Waals surface area contributed by atoms with E-state index in [1.165, 1.54) is 28.0 Å². The summed E-state index contributed by atoms with van der Waals surface area (Å²) in [4.78, 5) is 0. The van der Waals surface area contributed by atoms with Crippen LogP contribution in [0.5, 0.6) is 11.5 Å². The van der Waals surface area contributed by atoms with Crippen LogP contribution in [0.1, 0.15) is 57.3 Å². The van der Waals surface area contributed by atoms with Gasteiger partial charge in [-0.05, 0) is 49.1 Å². The molecule has 2 aromatic carbocycles. The van der Waals surface area contributed by atoms with Gasteiger partial charge in [0.1, 0.15) is 17.6 Å². The molecule has 0 bridgehead atoms. The highest BCUT2D eigenvalue weighted by Crippen LogP contribution is 2.52. The molecule has 28 heavy (non-hydrogen) atoms. The summed E-state index contributed by atoms with van der Waals surface area (Å²) in [7, 11) is 1.72. The highest BCUT2D eigenvalue weighted by molar-refractivity contribution is 5.91. The molecule has 0 fully saturated rings. The second kappa shape index (κ2) is 7.05. The van der Waals surface area contributed by atoms with Crippen molar-refractivity contribution in [1.82, 2.24) is 0 Å². The molecule has 1 N–H and O–H groups in total. The van der Waals surface area contributed by atoms with E-state index < -0.39 is 0 Å². The minimum atomic E-state index is -0.0528. The van der Waals surface area contributed by atoms with Crippen LogP contribution in [-0.2, 0) is 0 Å². The third kappa shape index (κ3) is 2.72.